The zero-order valence-electron chi connectivity index (χ0n) is 15.7. The maximum atomic E-state index is 14.3. The third-order valence-corrected chi connectivity index (χ3v) is 5.40. The average Bonchev–Trinajstić information content (AvgIpc) is 3.36. The van der Waals surface area contributed by atoms with E-state index in [0.29, 0.717) is 24.8 Å². The molecule has 1 unspecified atom stereocenters. The molecule has 0 bridgehead atoms. The van der Waals surface area contributed by atoms with Crippen molar-refractivity contribution in [2.24, 2.45) is 5.92 Å². The Bertz CT molecular complexity index is 975. The van der Waals surface area contributed by atoms with Crippen molar-refractivity contribution in [2.45, 2.75) is 25.6 Å². The minimum Gasteiger partial charge on any atom is -0.490 e. The number of hydrogen-bond donors (Lipinski definition) is 3. The first-order valence-corrected chi connectivity index (χ1v) is 9.72. The molecular formula is C21H21FN4O3. The fraction of sp³-hybridized carbons (Fsp3) is 0.333. The van der Waals surface area contributed by atoms with E-state index >= 15 is 0 Å². The molecule has 0 aromatic heterocycles. The summed E-state index contributed by atoms with van der Waals surface area (Å²) < 4.78 is 19.9. The van der Waals surface area contributed by atoms with Gasteiger partial charge in [0.2, 0.25) is 5.91 Å². The Morgan fingerprint density at radius 3 is 2.45 bits per heavy atom. The van der Waals surface area contributed by atoms with Crippen molar-refractivity contribution in [3.63, 3.8) is 0 Å². The van der Waals surface area contributed by atoms with E-state index in [1.165, 1.54) is 11.0 Å². The predicted molar refractivity (Wildman–Crippen MR) is 105 cm³/mol. The molecule has 1 saturated heterocycles. The van der Waals surface area contributed by atoms with E-state index in [-0.39, 0.29) is 36.2 Å². The second kappa shape index (κ2) is 6.95. The van der Waals surface area contributed by atoms with Crippen LogP contribution in [0.3, 0.4) is 0 Å². The molecular weight excluding hydrogens is 375 g/mol. The van der Waals surface area contributed by atoms with Gasteiger partial charge in [-0.3, -0.25) is 10.1 Å². The van der Waals surface area contributed by atoms with Crippen molar-refractivity contribution < 1.29 is 18.7 Å². The summed E-state index contributed by atoms with van der Waals surface area (Å²) in [7, 11) is 0. The van der Waals surface area contributed by atoms with E-state index < -0.39 is 0 Å². The molecule has 1 saturated carbocycles. The van der Waals surface area contributed by atoms with Crippen LogP contribution in [0, 0.1) is 11.7 Å². The lowest BCUT2D eigenvalue weighted by atomic mass is 10.1. The van der Waals surface area contributed by atoms with Crippen LogP contribution in [-0.4, -0.2) is 30.0 Å². The Hall–Kier alpha value is -3.29. The van der Waals surface area contributed by atoms with Gasteiger partial charge in [0.05, 0.1) is 18.0 Å². The molecule has 1 atom stereocenters. The first-order valence-electron chi connectivity index (χ1n) is 9.72. The first-order chi connectivity index (χ1) is 14.0. The minimum atomic E-state index is -0.367. The molecule has 1 aliphatic carbocycles. The van der Waals surface area contributed by atoms with E-state index in [9.17, 15) is 14.0 Å². The third kappa shape index (κ3) is 3.70. The van der Waals surface area contributed by atoms with Gasteiger partial charge < -0.3 is 20.3 Å². The van der Waals surface area contributed by atoms with Crippen molar-refractivity contribution in [3.05, 3.63) is 53.3 Å². The lowest BCUT2D eigenvalue weighted by molar-refractivity contribution is -0.118. The summed E-state index contributed by atoms with van der Waals surface area (Å²) in [5.74, 6) is 0.189. The highest BCUT2D eigenvalue weighted by Gasteiger charge is 2.27. The molecule has 2 fully saturated rings. The number of urea groups is 1. The summed E-state index contributed by atoms with van der Waals surface area (Å²) in [6.45, 7) is 1.02. The zero-order valence-corrected chi connectivity index (χ0v) is 15.7. The van der Waals surface area contributed by atoms with Crippen LogP contribution in [0.2, 0.25) is 0 Å². The number of nitrogens with one attached hydrogen (secondary N) is 3. The highest BCUT2D eigenvalue weighted by molar-refractivity contribution is 6.01. The smallest absolute Gasteiger partial charge is 0.324 e. The number of amides is 3. The number of carbonyl (C=O) groups is 2. The summed E-state index contributed by atoms with van der Waals surface area (Å²) >= 11 is 0. The molecule has 0 spiro atoms. The van der Waals surface area contributed by atoms with Gasteiger partial charge in [0.15, 0.2) is 11.6 Å². The standard InChI is InChI=1S/C21H21FN4O3/c22-15-7-16-17(8-18(15)29-11-13-1-2-13)24-20(23-16)14-5-3-12(4-6-14)9-26-10-19(27)25-21(26)28/h3-8,13,20,23-24H,1-2,9-11H2,(H,25,27,28). The van der Waals surface area contributed by atoms with Crippen LogP contribution in [0.1, 0.15) is 30.1 Å². The van der Waals surface area contributed by atoms with Crippen molar-refractivity contribution in [2.75, 3.05) is 23.8 Å². The zero-order chi connectivity index (χ0) is 20.0. The number of nitrogens with zero attached hydrogens (tertiary/aromatic N) is 1. The van der Waals surface area contributed by atoms with Crippen molar-refractivity contribution in [1.29, 1.82) is 0 Å². The summed E-state index contributed by atoms with van der Waals surface area (Å²) in [5.41, 5.74) is 3.41. The number of rotatable bonds is 6. The van der Waals surface area contributed by atoms with E-state index in [4.69, 9.17) is 4.74 Å². The second-order valence-corrected chi connectivity index (χ2v) is 7.76. The second-order valence-electron chi connectivity index (χ2n) is 7.76. The quantitative estimate of drug-likeness (QED) is 0.653. The van der Waals surface area contributed by atoms with Gasteiger partial charge in [-0.15, -0.1) is 0 Å². The molecule has 2 aromatic carbocycles. The summed E-state index contributed by atoms with van der Waals surface area (Å²) in [4.78, 5) is 24.4. The van der Waals surface area contributed by atoms with Crippen molar-refractivity contribution in [3.8, 4) is 5.75 Å². The topological polar surface area (TPSA) is 82.7 Å². The molecule has 8 heteroatoms. The maximum Gasteiger partial charge on any atom is 0.324 e. The summed E-state index contributed by atoms with van der Waals surface area (Å²) in [5, 5.41) is 8.89. The molecule has 0 radical (unpaired) electrons. The van der Waals surface area contributed by atoms with E-state index in [1.807, 2.05) is 24.3 Å². The van der Waals surface area contributed by atoms with E-state index in [0.717, 1.165) is 29.7 Å². The van der Waals surface area contributed by atoms with Crippen LogP contribution >= 0.6 is 0 Å². The number of carbonyl (C=O) groups excluding carboxylic acids is 2. The Labute approximate surface area is 167 Å². The number of fused-ring (bicyclic) bond motifs is 1. The maximum absolute atomic E-state index is 14.3. The lowest BCUT2D eigenvalue weighted by Crippen LogP contribution is -2.27. The van der Waals surface area contributed by atoms with Crippen molar-refractivity contribution >= 4 is 23.3 Å². The number of hydrogen-bond acceptors (Lipinski definition) is 5. The van der Waals surface area contributed by atoms with Gasteiger partial charge in [-0.1, -0.05) is 24.3 Å². The molecule has 7 nitrogen and oxygen atoms in total. The van der Waals surface area contributed by atoms with Gasteiger partial charge in [0.1, 0.15) is 12.7 Å². The minimum absolute atomic E-state index is 0.0817. The average molecular weight is 396 g/mol. The van der Waals surface area contributed by atoms with Gasteiger partial charge in [0, 0.05) is 18.7 Å². The van der Waals surface area contributed by atoms with Gasteiger partial charge in [-0.05, 0) is 29.9 Å². The van der Waals surface area contributed by atoms with Gasteiger partial charge in [-0.2, -0.15) is 0 Å². The fourth-order valence-electron chi connectivity index (χ4n) is 3.56. The van der Waals surface area contributed by atoms with Crippen LogP contribution in [-0.2, 0) is 11.3 Å². The summed E-state index contributed by atoms with van der Waals surface area (Å²) in [6, 6.07) is 10.5. The number of imide groups is 1. The van der Waals surface area contributed by atoms with Gasteiger partial charge >= 0.3 is 6.03 Å². The normalized spacial score (nSPS) is 20.2. The van der Waals surface area contributed by atoms with Crippen LogP contribution in [0.25, 0.3) is 0 Å². The molecule has 29 heavy (non-hydrogen) atoms. The first kappa shape index (κ1) is 17.8. The Balaban J connectivity index is 1.25. The molecule has 3 aliphatic rings. The Kier molecular flexibility index (Phi) is 4.26. The van der Waals surface area contributed by atoms with E-state index in [1.54, 1.807) is 6.07 Å². The number of benzene rings is 2. The molecule has 2 heterocycles. The Morgan fingerprint density at radius 2 is 1.79 bits per heavy atom. The fourth-order valence-corrected chi connectivity index (χ4v) is 3.56. The predicted octanol–water partition coefficient (Wildman–Crippen LogP) is 3.20. The number of anilines is 2. The highest BCUT2D eigenvalue weighted by Crippen LogP contribution is 2.40. The molecule has 2 aromatic rings. The van der Waals surface area contributed by atoms with Crippen LogP contribution in [0.15, 0.2) is 36.4 Å². The number of ether oxygens (including phenoxy) is 1. The largest absolute Gasteiger partial charge is 0.490 e. The third-order valence-electron chi connectivity index (χ3n) is 5.40. The molecule has 2 aliphatic heterocycles. The van der Waals surface area contributed by atoms with Gasteiger partial charge in [0.25, 0.3) is 0 Å². The van der Waals surface area contributed by atoms with E-state index in [2.05, 4.69) is 16.0 Å². The van der Waals surface area contributed by atoms with Crippen molar-refractivity contribution in [1.82, 2.24) is 10.2 Å². The lowest BCUT2D eigenvalue weighted by Gasteiger charge is -2.16. The SMILES string of the molecule is O=C1CN(Cc2ccc(C3Nc4cc(F)c(OCC5CC5)cc4N3)cc2)C(=O)N1. The molecule has 150 valence electrons. The number of halogens is 1. The monoisotopic (exact) mass is 396 g/mol. The molecule has 3 N–H and O–H groups in total. The highest BCUT2D eigenvalue weighted by atomic mass is 19.1. The van der Waals surface area contributed by atoms with Crippen LogP contribution in [0.4, 0.5) is 20.6 Å². The van der Waals surface area contributed by atoms with Crippen LogP contribution < -0.4 is 20.7 Å². The van der Waals surface area contributed by atoms with Gasteiger partial charge in [-0.25, -0.2) is 9.18 Å². The molecule has 5 rings (SSSR count). The van der Waals surface area contributed by atoms with Crippen LogP contribution in [0.5, 0.6) is 5.75 Å². The Morgan fingerprint density at radius 1 is 1.07 bits per heavy atom. The molecule has 3 amide bonds. The summed E-state index contributed by atoms with van der Waals surface area (Å²) in [6.07, 6.45) is 2.13.